The van der Waals surface area contributed by atoms with E-state index in [1.807, 2.05) is 0 Å². The molecule has 1 heterocycles. The zero-order valence-corrected chi connectivity index (χ0v) is 29.9. The maximum Gasteiger partial charge on any atom is 0.143 e. The molecule has 1 nitrogen and oxygen atoms in total. The Balaban J connectivity index is 1.12. The fourth-order valence-electron chi connectivity index (χ4n) is 9.24. The highest BCUT2D eigenvalue weighted by molar-refractivity contribution is 6.29. The van der Waals surface area contributed by atoms with E-state index in [-0.39, 0.29) is 0 Å². The second-order valence-corrected chi connectivity index (χ2v) is 14.8. The van der Waals surface area contributed by atoms with Gasteiger partial charge in [-0.1, -0.05) is 176 Å². The summed E-state index contributed by atoms with van der Waals surface area (Å²) in [6, 6.07) is 71.0. The van der Waals surface area contributed by atoms with E-state index >= 15 is 0 Å². The molecule has 11 aromatic carbocycles. The van der Waals surface area contributed by atoms with Crippen LogP contribution in [0.4, 0.5) is 0 Å². The first-order valence-electron chi connectivity index (χ1n) is 19.0. The Morgan fingerprint density at radius 3 is 1.58 bits per heavy atom. The van der Waals surface area contributed by atoms with Crippen molar-refractivity contribution < 1.29 is 4.42 Å². The van der Waals surface area contributed by atoms with Gasteiger partial charge in [0, 0.05) is 16.2 Å². The third-order valence-corrected chi connectivity index (χ3v) is 11.8. The molecule has 254 valence electrons. The van der Waals surface area contributed by atoms with Crippen molar-refractivity contribution in [1.29, 1.82) is 0 Å². The van der Waals surface area contributed by atoms with Crippen LogP contribution in [-0.4, -0.2) is 0 Å². The van der Waals surface area contributed by atoms with Gasteiger partial charge in [0.1, 0.15) is 11.2 Å². The quantitative estimate of drug-likeness (QED) is 0.167. The van der Waals surface area contributed by atoms with Crippen LogP contribution in [0, 0.1) is 0 Å². The summed E-state index contributed by atoms with van der Waals surface area (Å²) >= 11 is 0. The van der Waals surface area contributed by atoms with Crippen LogP contribution in [0.2, 0.25) is 0 Å². The van der Waals surface area contributed by atoms with Gasteiger partial charge in [-0.25, -0.2) is 0 Å². The smallest absolute Gasteiger partial charge is 0.143 e. The molecule has 0 fully saturated rings. The zero-order chi connectivity index (χ0) is 36.0. The lowest BCUT2D eigenvalue weighted by molar-refractivity contribution is 0.673. The molecule has 0 bridgehead atoms. The van der Waals surface area contributed by atoms with Gasteiger partial charge in [0.15, 0.2) is 0 Å². The van der Waals surface area contributed by atoms with Crippen molar-refractivity contribution in [2.45, 2.75) is 0 Å². The lowest BCUT2D eigenvalue weighted by Crippen LogP contribution is -1.90. The van der Waals surface area contributed by atoms with Gasteiger partial charge in [0.25, 0.3) is 0 Å². The maximum atomic E-state index is 6.92. The van der Waals surface area contributed by atoms with Gasteiger partial charge < -0.3 is 4.42 Å². The van der Waals surface area contributed by atoms with Gasteiger partial charge in [-0.05, 0) is 111 Å². The van der Waals surface area contributed by atoms with E-state index in [4.69, 9.17) is 4.42 Å². The summed E-state index contributed by atoms with van der Waals surface area (Å²) in [6.07, 6.45) is 0. The van der Waals surface area contributed by atoms with E-state index < -0.39 is 0 Å². The Bertz CT molecular complexity index is 3450. The highest BCUT2D eigenvalue weighted by atomic mass is 16.3. The monoisotopic (exact) mass is 696 g/mol. The fourth-order valence-corrected chi connectivity index (χ4v) is 9.24. The molecule has 0 N–H and O–H groups in total. The Hall–Kier alpha value is -7.22. The predicted molar refractivity (Wildman–Crippen MR) is 234 cm³/mol. The van der Waals surface area contributed by atoms with E-state index in [1.165, 1.54) is 81.9 Å². The van der Waals surface area contributed by atoms with Crippen LogP contribution in [0.15, 0.2) is 199 Å². The minimum atomic E-state index is 0.897. The van der Waals surface area contributed by atoms with Crippen molar-refractivity contribution >= 4 is 75.8 Å². The Morgan fingerprint density at radius 2 is 0.800 bits per heavy atom. The molecule has 55 heavy (non-hydrogen) atoms. The fraction of sp³-hybridized carbons (Fsp3) is 0. The topological polar surface area (TPSA) is 13.1 Å². The van der Waals surface area contributed by atoms with Crippen molar-refractivity contribution in [1.82, 2.24) is 0 Å². The zero-order valence-electron chi connectivity index (χ0n) is 29.9. The Kier molecular flexibility index (Phi) is 6.40. The average molecular weight is 697 g/mol. The normalized spacial score (nSPS) is 12.0. The van der Waals surface area contributed by atoms with Gasteiger partial charge in [-0.3, -0.25) is 0 Å². The van der Waals surface area contributed by atoms with Crippen LogP contribution in [0.1, 0.15) is 0 Å². The summed E-state index contributed by atoms with van der Waals surface area (Å²) in [4.78, 5) is 0. The summed E-state index contributed by atoms with van der Waals surface area (Å²) in [5.41, 5.74) is 11.5. The molecule has 0 spiro atoms. The standard InChI is InChI=1S/C54H32O/c1-2-9-34(10-3-1)43-26-22-38-25-29-47-45(27-23-39-24-28-46(43)51(38)52(39)47)49-31-40(32-50-53(49)48-30-21-36-12-5-7-15-44(36)54(48)55-50)33-17-19-37(20-18-33)42-16-8-13-35-11-4-6-14-41(35)42/h1-32H. The molecule has 0 radical (unpaired) electrons. The first kappa shape index (κ1) is 30.3. The molecule has 0 unspecified atom stereocenters. The SMILES string of the molecule is c1ccc(-c2ccc3ccc4c(-c5cc(-c6ccc(-c7cccc8ccccc78)cc6)cc6oc7c8ccccc8ccc7c56)ccc5ccc2c3c54)cc1. The molecule has 0 saturated carbocycles. The first-order chi connectivity index (χ1) is 27.3. The highest BCUT2D eigenvalue weighted by Crippen LogP contribution is 2.47. The predicted octanol–water partition coefficient (Wildman–Crippen LogP) is 15.5. The lowest BCUT2D eigenvalue weighted by Gasteiger charge is -2.17. The third-order valence-electron chi connectivity index (χ3n) is 11.8. The molecular formula is C54H32O. The van der Waals surface area contributed by atoms with Crippen molar-refractivity contribution in [2.75, 3.05) is 0 Å². The number of hydrogen-bond acceptors (Lipinski definition) is 1. The van der Waals surface area contributed by atoms with Crippen molar-refractivity contribution in [3.63, 3.8) is 0 Å². The highest BCUT2D eigenvalue weighted by Gasteiger charge is 2.21. The number of rotatable bonds is 4. The Morgan fingerprint density at radius 1 is 0.255 bits per heavy atom. The van der Waals surface area contributed by atoms with Crippen LogP contribution in [0.25, 0.3) is 120 Å². The molecule has 0 aliphatic heterocycles. The van der Waals surface area contributed by atoms with Gasteiger partial charge in [0.2, 0.25) is 0 Å². The second kappa shape index (κ2) is 11.6. The molecular weight excluding hydrogens is 665 g/mol. The minimum Gasteiger partial charge on any atom is -0.455 e. The average Bonchev–Trinajstić information content (AvgIpc) is 3.65. The van der Waals surface area contributed by atoms with Crippen LogP contribution >= 0.6 is 0 Å². The molecule has 0 saturated heterocycles. The summed E-state index contributed by atoms with van der Waals surface area (Å²) in [5.74, 6) is 0. The number of fused-ring (bicyclic) bond motifs is 6. The lowest BCUT2D eigenvalue weighted by atomic mass is 9.86. The molecule has 0 aliphatic carbocycles. The molecule has 12 rings (SSSR count). The van der Waals surface area contributed by atoms with Gasteiger partial charge in [0.05, 0.1) is 0 Å². The molecule has 0 aliphatic rings. The largest absolute Gasteiger partial charge is 0.455 e. The van der Waals surface area contributed by atoms with E-state index in [9.17, 15) is 0 Å². The van der Waals surface area contributed by atoms with E-state index in [1.54, 1.807) is 0 Å². The molecule has 1 heteroatoms. The second-order valence-electron chi connectivity index (χ2n) is 14.8. The third kappa shape index (κ3) is 4.54. The molecule has 0 atom stereocenters. The molecule has 12 aromatic rings. The minimum absolute atomic E-state index is 0.897. The van der Waals surface area contributed by atoms with Crippen molar-refractivity contribution in [3.8, 4) is 44.5 Å². The summed E-state index contributed by atoms with van der Waals surface area (Å²) < 4.78 is 6.92. The van der Waals surface area contributed by atoms with E-state index in [0.29, 0.717) is 0 Å². The summed E-state index contributed by atoms with van der Waals surface area (Å²) in [6.45, 7) is 0. The van der Waals surface area contributed by atoms with Gasteiger partial charge in [-0.15, -0.1) is 0 Å². The van der Waals surface area contributed by atoms with Crippen molar-refractivity contribution in [2.24, 2.45) is 0 Å². The summed E-state index contributed by atoms with van der Waals surface area (Å²) in [7, 11) is 0. The first-order valence-corrected chi connectivity index (χ1v) is 19.0. The molecule has 1 aromatic heterocycles. The maximum absolute atomic E-state index is 6.92. The van der Waals surface area contributed by atoms with E-state index in [0.717, 1.165) is 38.5 Å². The van der Waals surface area contributed by atoms with Crippen LogP contribution in [0.5, 0.6) is 0 Å². The number of benzene rings is 11. The van der Waals surface area contributed by atoms with Gasteiger partial charge in [-0.2, -0.15) is 0 Å². The number of hydrogen-bond donors (Lipinski definition) is 0. The van der Waals surface area contributed by atoms with Crippen LogP contribution in [0.3, 0.4) is 0 Å². The number of furan rings is 1. The summed E-state index contributed by atoms with van der Waals surface area (Å²) in [5, 5.41) is 14.8. The van der Waals surface area contributed by atoms with Crippen LogP contribution in [-0.2, 0) is 0 Å². The van der Waals surface area contributed by atoms with Gasteiger partial charge >= 0.3 is 0 Å². The Labute approximate surface area is 317 Å². The van der Waals surface area contributed by atoms with Crippen LogP contribution < -0.4 is 0 Å². The van der Waals surface area contributed by atoms with Crippen molar-refractivity contribution in [3.05, 3.63) is 194 Å². The van der Waals surface area contributed by atoms with E-state index in [2.05, 4.69) is 194 Å². The molecule has 0 amide bonds.